The second-order valence-corrected chi connectivity index (χ2v) is 4.93. The van der Waals surface area contributed by atoms with E-state index in [0.29, 0.717) is 0 Å². The molecule has 0 saturated heterocycles. The van der Waals surface area contributed by atoms with Crippen molar-refractivity contribution in [3.05, 3.63) is 0 Å². The van der Waals surface area contributed by atoms with Crippen LogP contribution in [0.2, 0.25) is 0 Å². The number of hydrogen-bond acceptors (Lipinski definition) is 4. The molecule has 2 unspecified atom stereocenters. The second kappa shape index (κ2) is 8.41. The summed E-state index contributed by atoms with van der Waals surface area (Å²) in [5.74, 6) is 0.681. The van der Waals surface area contributed by atoms with Gasteiger partial charge in [-0.05, 0) is 19.1 Å². The number of carboxylic acid groups (broad SMARTS) is 1. The molecule has 0 fully saturated rings. The summed E-state index contributed by atoms with van der Waals surface area (Å²) in [4.78, 5) is 21.8. The lowest BCUT2D eigenvalue weighted by Crippen LogP contribution is -2.36. The van der Waals surface area contributed by atoms with Gasteiger partial charge < -0.3 is 16.2 Å². The first-order valence-electron chi connectivity index (χ1n) is 5.32. The van der Waals surface area contributed by atoms with E-state index in [9.17, 15) is 9.59 Å². The second-order valence-electron chi connectivity index (χ2n) is 3.61. The van der Waals surface area contributed by atoms with Gasteiger partial charge in [-0.15, -0.1) is 0 Å². The van der Waals surface area contributed by atoms with Gasteiger partial charge in [0.1, 0.15) is 6.04 Å². The predicted octanol–water partition coefficient (Wildman–Crippen LogP) is 0.436. The van der Waals surface area contributed by atoms with Gasteiger partial charge in [0.05, 0.1) is 0 Å². The third-order valence-corrected chi connectivity index (χ3v) is 3.12. The van der Waals surface area contributed by atoms with Crippen molar-refractivity contribution in [2.75, 3.05) is 11.5 Å². The van der Waals surface area contributed by atoms with Crippen LogP contribution in [0, 0.1) is 0 Å². The van der Waals surface area contributed by atoms with Crippen molar-refractivity contribution in [3.63, 3.8) is 0 Å². The smallest absolute Gasteiger partial charge is 0.320 e. The Morgan fingerprint density at radius 1 is 1.50 bits per heavy atom. The monoisotopic (exact) mass is 248 g/mol. The van der Waals surface area contributed by atoms with E-state index in [4.69, 9.17) is 10.8 Å². The molecule has 0 radical (unpaired) electrons. The summed E-state index contributed by atoms with van der Waals surface area (Å²) in [7, 11) is 0. The molecule has 0 heterocycles. The van der Waals surface area contributed by atoms with Crippen LogP contribution in [0.3, 0.4) is 0 Å². The van der Waals surface area contributed by atoms with Gasteiger partial charge in [0.15, 0.2) is 0 Å². The summed E-state index contributed by atoms with van der Waals surface area (Å²) in [6.45, 7) is 3.99. The molecule has 5 nitrogen and oxygen atoms in total. The zero-order valence-electron chi connectivity index (χ0n) is 9.73. The zero-order valence-corrected chi connectivity index (χ0v) is 10.5. The van der Waals surface area contributed by atoms with Crippen molar-refractivity contribution in [3.8, 4) is 0 Å². The molecule has 1 amide bonds. The normalized spacial score (nSPS) is 14.2. The first-order chi connectivity index (χ1) is 7.47. The highest BCUT2D eigenvalue weighted by Crippen LogP contribution is 2.02. The fraction of sp³-hybridized carbons (Fsp3) is 0.800. The van der Waals surface area contributed by atoms with E-state index in [-0.39, 0.29) is 24.8 Å². The molecule has 0 spiro atoms. The zero-order chi connectivity index (χ0) is 12.6. The minimum atomic E-state index is -1.07. The first-order valence-corrected chi connectivity index (χ1v) is 6.48. The molecule has 0 aromatic carbocycles. The summed E-state index contributed by atoms with van der Waals surface area (Å²) in [6.07, 6.45) is 0.337. The number of rotatable bonds is 8. The van der Waals surface area contributed by atoms with Gasteiger partial charge in [0, 0.05) is 18.2 Å². The number of nitrogens with one attached hydrogen (secondary N) is 1. The van der Waals surface area contributed by atoms with Crippen LogP contribution in [-0.2, 0) is 9.59 Å². The minimum absolute atomic E-state index is 0.110. The molecular weight excluding hydrogens is 228 g/mol. The van der Waals surface area contributed by atoms with Gasteiger partial charge in [-0.25, -0.2) is 0 Å². The fourth-order valence-electron chi connectivity index (χ4n) is 1.09. The maximum atomic E-state index is 11.4. The van der Waals surface area contributed by atoms with Crippen LogP contribution in [0.4, 0.5) is 0 Å². The lowest BCUT2D eigenvalue weighted by Gasteiger charge is -2.13. The molecule has 0 saturated carbocycles. The highest BCUT2D eigenvalue weighted by molar-refractivity contribution is 7.99. The van der Waals surface area contributed by atoms with Crippen molar-refractivity contribution >= 4 is 23.6 Å². The number of carbonyl (C=O) groups excluding carboxylic acids is 1. The predicted molar refractivity (Wildman–Crippen MR) is 65.4 cm³/mol. The van der Waals surface area contributed by atoms with E-state index >= 15 is 0 Å². The SMILES string of the molecule is CCSCC(C)NC(=O)CCC(N)C(=O)O. The molecule has 2 atom stereocenters. The van der Waals surface area contributed by atoms with Crippen LogP contribution < -0.4 is 11.1 Å². The summed E-state index contributed by atoms with van der Waals surface area (Å²) >= 11 is 1.75. The lowest BCUT2D eigenvalue weighted by atomic mass is 10.1. The van der Waals surface area contributed by atoms with Crippen LogP contribution in [0.15, 0.2) is 0 Å². The molecular formula is C10H20N2O3S. The van der Waals surface area contributed by atoms with E-state index < -0.39 is 12.0 Å². The van der Waals surface area contributed by atoms with Gasteiger partial charge in [-0.1, -0.05) is 6.92 Å². The summed E-state index contributed by atoms with van der Waals surface area (Å²) in [5.41, 5.74) is 5.29. The Bertz CT molecular complexity index is 236. The summed E-state index contributed by atoms with van der Waals surface area (Å²) < 4.78 is 0. The van der Waals surface area contributed by atoms with E-state index in [1.165, 1.54) is 0 Å². The van der Waals surface area contributed by atoms with Gasteiger partial charge in [-0.3, -0.25) is 9.59 Å². The minimum Gasteiger partial charge on any atom is -0.480 e. The summed E-state index contributed by atoms with van der Waals surface area (Å²) in [6, 6.07) is -0.843. The third-order valence-electron chi connectivity index (χ3n) is 1.98. The van der Waals surface area contributed by atoms with Crippen LogP contribution in [0.1, 0.15) is 26.7 Å². The highest BCUT2D eigenvalue weighted by atomic mass is 32.2. The Kier molecular flexibility index (Phi) is 8.01. The standard InChI is InChI=1S/C10H20N2O3S/c1-3-16-6-7(2)12-9(13)5-4-8(11)10(14)15/h7-8H,3-6,11H2,1-2H3,(H,12,13)(H,14,15). The Morgan fingerprint density at radius 2 is 2.12 bits per heavy atom. The molecule has 0 aliphatic heterocycles. The summed E-state index contributed by atoms with van der Waals surface area (Å²) in [5, 5.41) is 11.3. The number of nitrogens with two attached hydrogens (primary N) is 1. The molecule has 0 bridgehead atoms. The van der Waals surface area contributed by atoms with Crippen molar-refractivity contribution in [1.82, 2.24) is 5.32 Å². The number of amides is 1. The molecule has 0 aliphatic carbocycles. The van der Waals surface area contributed by atoms with Crippen LogP contribution in [0.25, 0.3) is 0 Å². The van der Waals surface area contributed by atoms with E-state index in [1.807, 2.05) is 6.92 Å². The van der Waals surface area contributed by atoms with Gasteiger partial charge in [-0.2, -0.15) is 11.8 Å². The van der Waals surface area contributed by atoms with Crippen LogP contribution in [0.5, 0.6) is 0 Å². The van der Waals surface area contributed by atoms with Gasteiger partial charge in [0.2, 0.25) is 5.91 Å². The number of hydrogen-bond donors (Lipinski definition) is 3. The number of carbonyl (C=O) groups is 2. The molecule has 0 aromatic rings. The fourth-order valence-corrected chi connectivity index (χ4v) is 1.77. The lowest BCUT2D eigenvalue weighted by molar-refractivity contribution is -0.138. The Labute approximate surface area is 100 Å². The Hall–Kier alpha value is -0.750. The van der Waals surface area contributed by atoms with Gasteiger partial charge in [0.25, 0.3) is 0 Å². The largest absolute Gasteiger partial charge is 0.480 e. The Morgan fingerprint density at radius 3 is 2.62 bits per heavy atom. The maximum absolute atomic E-state index is 11.4. The quantitative estimate of drug-likeness (QED) is 0.579. The van der Waals surface area contributed by atoms with E-state index in [1.54, 1.807) is 11.8 Å². The molecule has 16 heavy (non-hydrogen) atoms. The Balaban J connectivity index is 3.69. The molecule has 4 N–H and O–H groups in total. The maximum Gasteiger partial charge on any atom is 0.320 e. The average molecular weight is 248 g/mol. The van der Waals surface area contributed by atoms with Crippen LogP contribution in [-0.4, -0.2) is 40.6 Å². The molecule has 0 aliphatic rings. The molecule has 0 rings (SSSR count). The highest BCUT2D eigenvalue weighted by Gasteiger charge is 2.14. The van der Waals surface area contributed by atoms with E-state index in [0.717, 1.165) is 11.5 Å². The van der Waals surface area contributed by atoms with Crippen LogP contribution >= 0.6 is 11.8 Å². The average Bonchev–Trinajstić information content (AvgIpc) is 2.22. The number of aliphatic carboxylic acids is 1. The number of carboxylic acids is 1. The van der Waals surface area contributed by atoms with Crippen molar-refractivity contribution in [2.45, 2.75) is 38.8 Å². The van der Waals surface area contributed by atoms with Crippen molar-refractivity contribution in [2.24, 2.45) is 5.73 Å². The molecule has 6 heteroatoms. The van der Waals surface area contributed by atoms with E-state index in [2.05, 4.69) is 12.2 Å². The van der Waals surface area contributed by atoms with Crippen molar-refractivity contribution in [1.29, 1.82) is 0 Å². The first kappa shape index (κ1) is 15.2. The topological polar surface area (TPSA) is 92.4 Å². The number of thioether (sulfide) groups is 1. The third kappa shape index (κ3) is 7.53. The molecule has 0 aromatic heterocycles. The van der Waals surface area contributed by atoms with Gasteiger partial charge >= 0.3 is 5.97 Å². The van der Waals surface area contributed by atoms with Crippen molar-refractivity contribution < 1.29 is 14.7 Å². The molecule has 94 valence electrons.